The van der Waals surface area contributed by atoms with Crippen molar-refractivity contribution in [3.8, 4) is 11.5 Å². The summed E-state index contributed by atoms with van der Waals surface area (Å²) >= 11 is 1.72. The van der Waals surface area contributed by atoms with Crippen LogP contribution in [0.15, 0.2) is 30.6 Å². The van der Waals surface area contributed by atoms with Crippen molar-refractivity contribution in [2.45, 2.75) is 51.0 Å². The maximum atomic E-state index is 11.6. The number of amides is 1. The Morgan fingerprint density at radius 2 is 2.06 bits per heavy atom. The molecule has 0 atom stereocenters. The van der Waals surface area contributed by atoms with Crippen LogP contribution in [0.5, 0.6) is 11.5 Å². The van der Waals surface area contributed by atoms with E-state index >= 15 is 0 Å². The molecule has 8 heteroatoms. The van der Waals surface area contributed by atoms with Crippen molar-refractivity contribution in [2.24, 2.45) is 0 Å². The minimum absolute atomic E-state index is 0.131. The highest BCUT2D eigenvalue weighted by Gasteiger charge is 2.30. The highest BCUT2D eigenvalue weighted by molar-refractivity contribution is 7.20. The molecule has 0 bridgehead atoms. The van der Waals surface area contributed by atoms with Crippen LogP contribution in [-0.2, 0) is 9.53 Å². The number of thiophene rings is 1. The molecule has 1 saturated carbocycles. The average Bonchev–Trinajstić information content (AvgIpc) is 3.46. The lowest BCUT2D eigenvalue weighted by Gasteiger charge is -2.24. The fourth-order valence-electron chi connectivity index (χ4n) is 4.70. The molecule has 1 amide bonds. The van der Waals surface area contributed by atoms with E-state index in [4.69, 9.17) is 14.6 Å². The predicted octanol–water partition coefficient (Wildman–Crippen LogP) is 5.15. The molecule has 1 saturated heterocycles. The standard InChI is InChI=1S/C25H28N4O3S/c1-16(30)28-10-5-17(6-11-28)23-14-20-25(33-23)21(4-9-26-20)32-22-15-29(19-2-3-19)27-24(22)18-7-12-31-13-8-18/h4-5,9,14-15,18-19H,2-3,6-8,10-13H2,1H3. The minimum Gasteiger partial charge on any atom is -0.452 e. The first-order chi connectivity index (χ1) is 16.2. The zero-order chi connectivity index (χ0) is 22.4. The molecule has 1 aliphatic carbocycles. The van der Waals surface area contributed by atoms with E-state index in [0.29, 0.717) is 18.5 Å². The van der Waals surface area contributed by atoms with Crippen molar-refractivity contribution in [3.05, 3.63) is 41.2 Å². The molecule has 172 valence electrons. The quantitative estimate of drug-likeness (QED) is 0.522. The van der Waals surface area contributed by atoms with Crippen LogP contribution in [0, 0.1) is 0 Å². The third kappa shape index (κ3) is 4.17. The first kappa shape index (κ1) is 20.9. The molecule has 0 unspecified atom stereocenters. The zero-order valence-corrected chi connectivity index (χ0v) is 19.6. The van der Waals surface area contributed by atoms with Gasteiger partial charge in [0.05, 0.1) is 22.5 Å². The first-order valence-electron chi connectivity index (χ1n) is 11.8. The average molecular weight is 465 g/mol. The summed E-state index contributed by atoms with van der Waals surface area (Å²) in [6.07, 6.45) is 11.3. The highest BCUT2D eigenvalue weighted by Crippen LogP contribution is 2.43. The lowest BCUT2D eigenvalue weighted by atomic mass is 9.96. The summed E-state index contributed by atoms with van der Waals surface area (Å²) in [5, 5.41) is 4.95. The van der Waals surface area contributed by atoms with Gasteiger partial charge in [-0.05, 0) is 43.7 Å². The number of carbonyl (C=O) groups excluding carboxylic acids is 1. The summed E-state index contributed by atoms with van der Waals surface area (Å²) in [6, 6.07) is 4.62. The molecule has 3 aromatic heterocycles. The smallest absolute Gasteiger partial charge is 0.219 e. The van der Waals surface area contributed by atoms with Crippen LogP contribution in [0.25, 0.3) is 15.8 Å². The van der Waals surface area contributed by atoms with E-state index in [1.54, 1.807) is 18.3 Å². The van der Waals surface area contributed by atoms with Crippen LogP contribution < -0.4 is 4.74 Å². The van der Waals surface area contributed by atoms with Gasteiger partial charge in [-0.3, -0.25) is 14.5 Å². The maximum Gasteiger partial charge on any atom is 0.219 e. The molecule has 3 aliphatic rings. The fraction of sp³-hybridized carbons (Fsp3) is 0.480. The number of fused-ring (bicyclic) bond motifs is 1. The highest BCUT2D eigenvalue weighted by atomic mass is 32.1. The molecule has 0 N–H and O–H groups in total. The van der Waals surface area contributed by atoms with E-state index in [-0.39, 0.29) is 5.91 Å². The number of pyridine rings is 1. The summed E-state index contributed by atoms with van der Waals surface area (Å²) in [6.45, 7) is 4.63. The van der Waals surface area contributed by atoms with E-state index < -0.39 is 0 Å². The Morgan fingerprint density at radius 3 is 2.79 bits per heavy atom. The van der Waals surface area contributed by atoms with Gasteiger partial charge in [0, 0.05) is 56.3 Å². The SMILES string of the molecule is CC(=O)N1CC=C(c2cc3nccc(Oc4cn(C5CC5)nc4C4CCOCC4)c3s2)CC1. The number of ether oxygens (including phenoxy) is 2. The number of nitrogens with zero attached hydrogens (tertiary/aromatic N) is 4. The second-order valence-corrected chi connectivity index (χ2v) is 10.2. The van der Waals surface area contributed by atoms with Gasteiger partial charge in [-0.15, -0.1) is 11.3 Å². The van der Waals surface area contributed by atoms with Crippen LogP contribution in [0.1, 0.15) is 61.6 Å². The van der Waals surface area contributed by atoms with Crippen LogP contribution >= 0.6 is 11.3 Å². The van der Waals surface area contributed by atoms with Crippen molar-refractivity contribution in [2.75, 3.05) is 26.3 Å². The van der Waals surface area contributed by atoms with Gasteiger partial charge < -0.3 is 14.4 Å². The summed E-state index contributed by atoms with van der Waals surface area (Å²) in [5.74, 6) is 2.21. The molecule has 5 heterocycles. The Morgan fingerprint density at radius 1 is 1.21 bits per heavy atom. The van der Waals surface area contributed by atoms with Gasteiger partial charge in [0.1, 0.15) is 11.4 Å². The van der Waals surface area contributed by atoms with E-state index in [9.17, 15) is 4.79 Å². The summed E-state index contributed by atoms with van der Waals surface area (Å²) in [4.78, 5) is 19.3. The summed E-state index contributed by atoms with van der Waals surface area (Å²) in [7, 11) is 0. The maximum absolute atomic E-state index is 11.6. The Kier molecular flexibility index (Phi) is 5.42. The molecule has 7 nitrogen and oxygen atoms in total. The van der Waals surface area contributed by atoms with E-state index in [1.807, 2.05) is 17.2 Å². The molecule has 33 heavy (non-hydrogen) atoms. The Hall–Kier alpha value is -2.71. The predicted molar refractivity (Wildman–Crippen MR) is 128 cm³/mol. The topological polar surface area (TPSA) is 69.5 Å². The molecule has 6 rings (SSSR count). The number of carbonyl (C=O) groups is 1. The van der Waals surface area contributed by atoms with Gasteiger partial charge in [-0.25, -0.2) is 0 Å². The van der Waals surface area contributed by atoms with Crippen molar-refractivity contribution >= 4 is 33.0 Å². The normalized spacial score (nSPS) is 19.7. The van der Waals surface area contributed by atoms with Gasteiger partial charge in [0.2, 0.25) is 5.91 Å². The lowest BCUT2D eigenvalue weighted by Crippen LogP contribution is -2.32. The second-order valence-electron chi connectivity index (χ2n) is 9.16. The van der Waals surface area contributed by atoms with Gasteiger partial charge in [0.15, 0.2) is 5.75 Å². The van der Waals surface area contributed by atoms with Gasteiger partial charge in [0.25, 0.3) is 0 Å². The lowest BCUT2D eigenvalue weighted by molar-refractivity contribution is -0.128. The van der Waals surface area contributed by atoms with E-state index in [0.717, 1.165) is 66.4 Å². The number of aromatic nitrogens is 3. The molecule has 0 radical (unpaired) electrons. The monoisotopic (exact) mass is 464 g/mol. The van der Waals surface area contributed by atoms with E-state index in [1.165, 1.54) is 23.3 Å². The minimum atomic E-state index is 0.131. The van der Waals surface area contributed by atoms with Gasteiger partial charge in [-0.2, -0.15) is 5.10 Å². The first-order valence-corrected chi connectivity index (χ1v) is 12.7. The van der Waals surface area contributed by atoms with Crippen molar-refractivity contribution < 1.29 is 14.3 Å². The molecule has 0 spiro atoms. The van der Waals surface area contributed by atoms with E-state index in [2.05, 4.69) is 28.0 Å². The van der Waals surface area contributed by atoms with Crippen LogP contribution in [0.4, 0.5) is 0 Å². The van der Waals surface area contributed by atoms with Crippen molar-refractivity contribution in [1.82, 2.24) is 19.7 Å². The largest absolute Gasteiger partial charge is 0.452 e. The number of hydrogen-bond donors (Lipinski definition) is 0. The fourth-order valence-corrected chi connectivity index (χ4v) is 5.83. The second kappa shape index (κ2) is 8.57. The van der Waals surface area contributed by atoms with Gasteiger partial charge in [-0.1, -0.05) is 6.08 Å². The summed E-state index contributed by atoms with van der Waals surface area (Å²) in [5.41, 5.74) is 3.29. The van der Waals surface area contributed by atoms with Crippen molar-refractivity contribution in [1.29, 1.82) is 0 Å². The van der Waals surface area contributed by atoms with Gasteiger partial charge >= 0.3 is 0 Å². The van der Waals surface area contributed by atoms with Crippen LogP contribution in [0.3, 0.4) is 0 Å². The molecule has 3 aromatic rings. The van der Waals surface area contributed by atoms with Crippen LogP contribution in [-0.4, -0.2) is 51.9 Å². The number of rotatable bonds is 5. The molecular weight excluding hydrogens is 436 g/mol. The third-order valence-corrected chi connectivity index (χ3v) is 8.04. The number of hydrogen-bond acceptors (Lipinski definition) is 6. The molecular formula is C25H28N4O3S. The molecule has 2 fully saturated rings. The molecule has 2 aliphatic heterocycles. The Labute approximate surface area is 197 Å². The summed E-state index contributed by atoms with van der Waals surface area (Å²) < 4.78 is 15.3. The Bertz CT molecular complexity index is 1220. The third-order valence-electron chi connectivity index (χ3n) is 6.82. The zero-order valence-electron chi connectivity index (χ0n) is 18.8. The Balaban J connectivity index is 1.31. The van der Waals surface area contributed by atoms with Crippen LogP contribution in [0.2, 0.25) is 0 Å². The van der Waals surface area contributed by atoms with Crippen molar-refractivity contribution in [3.63, 3.8) is 0 Å². The molecule has 0 aromatic carbocycles.